The second-order valence-electron chi connectivity index (χ2n) is 6.67. The van der Waals surface area contributed by atoms with Gasteiger partial charge in [-0.15, -0.1) is 0 Å². The van der Waals surface area contributed by atoms with Crippen LogP contribution >= 0.6 is 11.6 Å². The van der Waals surface area contributed by atoms with Crippen LogP contribution in [-0.4, -0.2) is 32.2 Å². The Labute approximate surface area is 148 Å². The average molecular weight is 353 g/mol. The summed E-state index contributed by atoms with van der Waals surface area (Å²) in [7, 11) is 0. The van der Waals surface area contributed by atoms with Gasteiger partial charge in [0, 0.05) is 13.0 Å². The fraction of sp³-hybridized carbons (Fsp3) is 0.611. The first kappa shape index (κ1) is 17.4. The van der Waals surface area contributed by atoms with Crippen molar-refractivity contribution in [2.45, 2.75) is 32.7 Å². The lowest BCUT2D eigenvalue weighted by Gasteiger charge is -2.28. The summed E-state index contributed by atoms with van der Waals surface area (Å²) in [6.45, 7) is 5.76. The third-order valence-electron chi connectivity index (χ3n) is 4.79. The summed E-state index contributed by atoms with van der Waals surface area (Å²) in [5.74, 6) is 2.31. The summed E-state index contributed by atoms with van der Waals surface area (Å²) in [4.78, 5) is 12.2. The van der Waals surface area contributed by atoms with Gasteiger partial charge in [0.1, 0.15) is 13.2 Å². The van der Waals surface area contributed by atoms with Crippen molar-refractivity contribution < 1.29 is 14.3 Å². The van der Waals surface area contributed by atoms with Crippen molar-refractivity contribution in [3.8, 4) is 11.5 Å². The number of hydrogen-bond acceptors (Lipinski definition) is 4. The van der Waals surface area contributed by atoms with Crippen molar-refractivity contribution in [2.75, 3.05) is 26.3 Å². The van der Waals surface area contributed by atoms with Crippen LogP contribution < -0.4 is 20.1 Å². The van der Waals surface area contributed by atoms with Gasteiger partial charge in [-0.25, -0.2) is 0 Å². The highest BCUT2D eigenvalue weighted by atomic mass is 35.5. The predicted molar refractivity (Wildman–Crippen MR) is 93.7 cm³/mol. The summed E-state index contributed by atoms with van der Waals surface area (Å²) >= 11 is 6.22. The molecular formula is C18H25ClN2O3. The summed E-state index contributed by atoms with van der Waals surface area (Å²) in [6, 6.07) is 3.71. The maximum Gasteiger partial charge on any atom is 0.220 e. The molecule has 5 nitrogen and oxygen atoms in total. The molecule has 1 aromatic rings. The van der Waals surface area contributed by atoms with Gasteiger partial charge >= 0.3 is 0 Å². The summed E-state index contributed by atoms with van der Waals surface area (Å²) in [5.41, 5.74) is 0.921. The van der Waals surface area contributed by atoms with Crippen LogP contribution in [0.15, 0.2) is 12.1 Å². The number of piperidine rings is 1. The van der Waals surface area contributed by atoms with Crippen LogP contribution in [0.5, 0.6) is 11.5 Å². The zero-order valence-corrected chi connectivity index (χ0v) is 14.8. The van der Waals surface area contributed by atoms with Gasteiger partial charge in [-0.2, -0.15) is 0 Å². The number of ether oxygens (including phenoxy) is 2. The molecule has 1 fully saturated rings. The maximum absolute atomic E-state index is 12.2. The molecular weight excluding hydrogens is 328 g/mol. The normalized spacial score (nSPS) is 21.2. The molecule has 0 bridgehead atoms. The molecule has 6 heteroatoms. The Morgan fingerprint density at radius 1 is 1.42 bits per heavy atom. The lowest BCUT2D eigenvalue weighted by molar-refractivity contribution is -0.122. The van der Waals surface area contributed by atoms with Crippen molar-refractivity contribution in [3.05, 3.63) is 22.7 Å². The number of fused-ring (bicyclic) bond motifs is 1. The molecule has 0 aromatic heterocycles. The van der Waals surface area contributed by atoms with E-state index < -0.39 is 0 Å². The molecule has 132 valence electrons. The minimum atomic E-state index is 0.0825. The number of amides is 1. The minimum Gasteiger partial charge on any atom is -0.486 e. The summed E-state index contributed by atoms with van der Waals surface area (Å²) < 4.78 is 11.1. The van der Waals surface area contributed by atoms with Crippen molar-refractivity contribution in [1.82, 2.24) is 10.6 Å². The molecule has 2 aliphatic heterocycles. The molecule has 2 aliphatic rings. The molecule has 0 spiro atoms. The number of benzene rings is 1. The largest absolute Gasteiger partial charge is 0.486 e. The van der Waals surface area contributed by atoms with Gasteiger partial charge in [0.2, 0.25) is 5.91 Å². The van der Waals surface area contributed by atoms with Gasteiger partial charge in [-0.3, -0.25) is 4.79 Å². The molecule has 2 unspecified atom stereocenters. The molecule has 3 rings (SSSR count). The molecule has 0 radical (unpaired) electrons. The van der Waals surface area contributed by atoms with E-state index in [1.54, 1.807) is 0 Å². The number of nitrogens with one attached hydrogen (secondary N) is 2. The van der Waals surface area contributed by atoms with Crippen LogP contribution in [0.1, 0.15) is 31.7 Å². The second-order valence-corrected chi connectivity index (χ2v) is 7.07. The quantitative estimate of drug-likeness (QED) is 0.855. The third kappa shape index (κ3) is 4.33. The van der Waals surface area contributed by atoms with E-state index in [-0.39, 0.29) is 5.91 Å². The van der Waals surface area contributed by atoms with E-state index in [0.29, 0.717) is 54.5 Å². The van der Waals surface area contributed by atoms with E-state index in [4.69, 9.17) is 21.1 Å². The zero-order chi connectivity index (χ0) is 16.9. The van der Waals surface area contributed by atoms with Gasteiger partial charge in [0.15, 0.2) is 11.5 Å². The average Bonchev–Trinajstić information content (AvgIpc) is 2.61. The second kappa shape index (κ2) is 8.08. The van der Waals surface area contributed by atoms with E-state index in [2.05, 4.69) is 17.6 Å². The minimum absolute atomic E-state index is 0.0825. The molecule has 2 heterocycles. The third-order valence-corrected chi connectivity index (χ3v) is 5.07. The summed E-state index contributed by atoms with van der Waals surface area (Å²) in [6.07, 6.45) is 2.97. The van der Waals surface area contributed by atoms with Crippen LogP contribution in [-0.2, 0) is 11.3 Å². The Morgan fingerprint density at radius 2 is 2.25 bits per heavy atom. The van der Waals surface area contributed by atoms with E-state index in [0.717, 1.165) is 18.7 Å². The molecule has 24 heavy (non-hydrogen) atoms. The van der Waals surface area contributed by atoms with Gasteiger partial charge in [-0.05, 0) is 55.5 Å². The van der Waals surface area contributed by atoms with Crippen molar-refractivity contribution in [3.63, 3.8) is 0 Å². The Bertz CT molecular complexity index is 588. The highest BCUT2D eigenvalue weighted by Gasteiger charge is 2.22. The van der Waals surface area contributed by atoms with Crippen LogP contribution in [0, 0.1) is 11.8 Å². The standard InChI is InChI=1S/C18H25ClN2O3/c1-12(14-3-2-4-20-11-14)7-17(22)21-10-13-8-15(19)18-16(9-13)23-5-6-24-18/h8-9,12,14,20H,2-7,10-11H2,1H3,(H,21,22). The van der Waals surface area contributed by atoms with Crippen LogP contribution in [0.2, 0.25) is 5.02 Å². The number of carbonyl (C=O) groups is 1. The molecule has 1 amide bonds. The van der Waals surface area contributed by atoms with E-state index >= 15 is 0 Å². The van der Waals surface area contributed by atoms with E-state index in [1.165, 1.54) is 12.8 Å². The molecule has 2 N–H and O–H groups in total. The monoisotopic (exact) mass is 352 g/mol. The maximum atomic E-state index is 12.2. The topological polar surface area (TPSA) is 59.6 Å². The molecule has 0 saturated carbocycles. The lowest BCUT2D eigenvalue weighted by atomic mass is 9.85. The fourth-order valence-electron chi connectivity index (χ4n) is 3.36. The first-order chi connectivity index (χ1) is 11.6. The zero-order valence-electron chi connectivity index (χ0n) is 14.1. The highest BCUT2D eigenvalue weighted by molar-refractivity contribution is 6.32. The van der Waals surface area contributed by atoms with Crippen LogP contribution in [0.25, 0.3) is 0 Å². The number of halogens is 1. The van der Waals surface area contributed by atoms with Gasteiger partial charge < -0.3 is 20.1 Å². The summed E-state index contributed by atoms with van der Waals surface area (Å²) in [5, 5.41) is 6.92. The Kier molecular flexibility index (Phi) is 5.85. The molecule has 2 atom stereocenters. The first-order valence-corrected chi connectivity index (χ1v) is 9.06. The van der Waals surface area contributed by atoms with Crippen LogP contribution in [0.3, 0.4) is 0 Å². The molecule has 0 aliphatic carbocycles. The number of rotatable bonds is 5. The van der Waals surface area contributed by atoms with Gasteiger partial charge in [0.05, 0.1) is 5.02 Å². The lowest BCUT2D eigenvalue weighted by Crippen LogP contribution is -2.35. The SMILES string of the molecule is CC(CC(=O)NCc1cc(Cl)c2c(c1)OCCO2)C1CCCNC1. The van der Waals surface area contributed by atoms with Crippen molar-refractivity contribution in [1.29, 1.82) is 0 Å². The molecule has 1 saturated heterocycles. The Balaban J connectivity index is 1.51. The van der Waals surface area contributed by atoms with E-state index in [9.17, 15) is 4.79 Å². The number of hydrogen-bond donors (Lipinski definition) is 2. The van der Waals surface area contributed by atoms with E-state index in [1.807, 2.05) is 12.1 Å². The Hall–Kier alpha value is -1.46. The van der Waals surface area contributed by atoms with Crippen molar-refractivity contribution >= 4 is 17.5 Å². The number of carbonyl (C=O) groups excluding carboxylic acids is 1. The predicted octanol–water partition coefficient (Wildman–Crippen LogP) is 2.75. The van der Waals surface area contributed by atoms with Gasteiger partial charge in [-0.1, -0.05) is 18.5 Å². The first-order valence-electron chi connectivity index (χ1n) is 8.69. The van der Waals surface area contributed by atoms with Crippen molar-refractivity contribution in [2.24, 2.45) is 11.8 Å². The smallest absolute Gasteiger partial charge is 0.220 e. The fourth-order valence-corrected chi connectivity index (χ4v) is 3.65. The highest BCUT2D eigenvalue weighted by Crippen LogP contribution is 2.38. The Morgan fingerprint density at radius 3 is 3.04 bits per heavy atom. The van der Waals surface area contributed by atoms with Crippen LogP contribution in [0.4, 0.5) is 0 Å². The molecule has 1 aromatic carbocycles. The van der Waals surface area contributed by atoms with Gasteiger partial charge in [0.25, 0.3) is 0 Å².